The number of rotatable bonds is 9. The summed E-state index contributed by atoms with van der Waals surface area (Å²) in [5.41, 5.74) is 0. The molecule has 0 radical (unpaired) electrons. The van der Waals surface area contributed by atoms with Crippen molar-refractivity contribution >= 4 is 5.97 Å². The van der Waals surface area contributed by atoms with Crippen LogP contribution in [0.1, 0.15) is 84.5 Å². The van der Waals surface area contributed by atoms with Gasteiger partial charge < -0.3 is 4.74 Å². The Balaban J connectivity index is 2.03. The maximum Gasteiger partial charge on any atom is 0.305 e. The SMILES string of the molecule is CCCCCCC1CCC(CCC(=O)OCC)CC1. The Bertz CT molecular complexity index is 229. The van der Waals surface area contributed by atoms with Crippen LogP contribution < -0.4 is 0 Å². The molecule has 0 N–H and O–H groups in total. The van der Waals surface area contributed by atoms with Crippen molar-refractivity contribution in [1.82, 2.24) is 0 Å². The van der Waals surface area contributed by atoms with Gasteiger partial charge in [0, 0.05) is 6.42 Å². The summed E-state index contributed by atoms with van der Waals surface area (Å²) in [4.78, 5) is 11.3. The van der Waals surface area contributed by atoms with Crippen LogP contribution in [-0.2, 0) is 9.53 Å². The highest BCUT2D eigenvalue weighted by molar-refractivity contribution is 5.69. The molecular formula is C17H32O2. The van der Waals surface area contributed by atoms with Crippen molar-refractivity contribution in [2.24, 2.45) is 11.8 Å². The lowest BCUT2D eigenvalue weighted by Crippen LogP contribution is -2.16. The Morgan fingerprint density at radius 3 is 2.16 bits per heavy atom. The third-order valence-corrected chi connectivity index (χ3v) is 4.49. The van der Waals surface area contributed by atoms with Crippen molar-refractivity contribution in [2.45, 2.75) is 84.5 Å². The van der Waals surface area contributed by atoms with Gasteiger partial charge in [-0.25, -0.2) is 0 Å². The van der Waals surface area contributed by atoms with E-state index in [4.69, 9.17) is 4.74 Å². The lowest BCUT2D eigenvalue weighted by molar-refractivity contribution is -0.143. The van der Waals surface area contributed by atoms with Gasteiger partial charge in [0.2, 0.25) is 0 Å². The van der Waals surface area contributed by atoms with E-state index in [9.17, 15) is 4.79 Å². The monoisotopic (exact) mass is 268 g/mol. The molecule has 2 heteroatoms. The van der Waals surface area contributed by atoms with E-state index >= 15 is 0 Å². The van der Waals surface area contributed by atoms with Crippen molar-refractivity contribution in [3.05, 3.63) is 0 Å². The summed E-state index contributed by atoms with van der Waals surface area (Å²) in [7, 11) is 0. The standard InChI is InChI=1S/C17H32O2/c1-3-5-6-7-8-15-9-11-16(12-10-15)13-14-17(18)19-4-2/h15-16H,3-14H2,1-2H3. The molecule has 0 amide bonds. The van der Waals surface area contributed by atoms with Gasteiger partial charge >= 0.3 is 5.97 Å². The van der Waals surface area contributed by atoms with Gasteiger partial charge in [-0.1, -0.05) is 64.7 Å². The maximum atomic E-state index is 11.3. The maximum absolute atomic E-state index is 11.3. The topological polar surface area (TPSA) is 26.3 Å². The highest BCUT2D eigenvalue weighted by Gasteiger charge is 2.21. The molecule has 112 valence electrons. The van der Waals surface area contributed by atoms with Gasteiger partial charge in [-0.3, -0.25) is 4.79 Å². The van der Waals surface area contributed by atoms with Crippen LogP contribution in [0, 0.1) is 11.8 Å². The van der Waals surface area contributed by atoms with Crippen molar-refractivity contribution in [2.75, 3.05) is 6.61 Å². The number of carbonyl (C=O) groups is 1. The lowest BCUT2D eigenvalue weighted by Gasteiger charge is -2.28. The number of hydrogen-bond donors (Lipinski definition) is 0. The predicted molar refractivity (Wildman–Crippen MR) is 80.1 cm³/mol. The molecule has 0 unspecified atom stereocenters. The minimum absolute atomic E-state index is 0.0100. The quantitative estimate of drug-likeness (QED) is 0.429. The van der Waals surface area contributed by atoms with Crippen LogP contribution in [0.5, 0.6) is 0 Å². The van der Waals surface area contributed by atoms with Crippen LogP contribution >= 0.6 is 0 Å². The molecular weight excluding hydrogens is 236 g/mol. The number of carbonyl (C=O) groups excluding carboxylic acids is 1. The minimum atomic E-state index is -0.0100. The highest BCUT2D eigenvalue weighted by Crippen LogP contribution is 2.34. The summed E-state index contributed by atoms with van der Waals surface area (Å²) in [6.45, 7) is 4.67. The van der Waals surface area contributed by atoms with Crippen LogP contribution in [0.4, 0.5) is 0 Å². The van der Waals surface area contributed by atoms with Gasteiger partial charge in [0.25, 0.3) is 0 Å². The fourth-order valence-electron chi connectivity index (χ4n) is 3.22. The molecule has 2 nitrogen and oxygen atoms in total. The average Bonchev–Trinajstić information content (AvgIpc) is 2.43. The molecule has 0 heterocycles. The number of unbranched alkanes of at least 4 members (excludes halogenated alkanes) is 3. The summed E-state index contributed by atoms with van der Waals surface area (Å²) < 4.78 is 4.99. The Hall–Kier alpha value is -0.530. The molecule has 1 aliphatic rings. The molecule has 0 aromatic rings. The molecule has 0 atom stereocenters. The van der Waals surface area contributed by atoms with Gasteiger partial charge in [-0.2, -0.15) is 0 Å². The summed E-state index contributed by atoms with van der Waals surface area (Å²) in [6.07, 6.45) is 14.1. The molecule has 1 rings (SSSR count). The van der Waals surface area contributed by atoms with Crippen molar-refractivity contribution < 1.29 is 9.53 Å². The molecule has 0 bridgehead atoms. The first-order valence-electron chi connectivity index (χ1n) is 8.41. The molecule has 0 saturated heterocycles. The first-order valence-corrected chi connectivity index (χ1v) is 8.41. The van der Waals surface area contributed by atoms with Crippen LogP contribution in [-0.4, -0.2) is 12.6 Å². The Morgan fingerprint density at radius 1 is 0.947 bits per heavy atom. The van der Waals surface area contributed by atoms with E-state index in [1.54, 1.807) is 0 Å². The van der Waals surface area contributed by atoms with Gasteiger partial charge in [0.1, 0.15) is 0 Å². The Kier molecular flexibility index (Phi) is 8.94. The molecule has 19 heavy (non-hydrogen) atoms. The van der Waals surface area contributed by atoms with Crippen molar-refractivity contribution in [3.63, 3.8) is 0 Å². The van der Waals surface area contributed by atoms with Crippen LogP contribution in [0.25, 0.3) is 0 Å². The third-order valence-electron chi connectivity index (χ3n) is 4.49. The first-order chi connectivity index (χ1) is 9.26. The van der Waals surface area contributed by atoms with E-state index in [-0.39, 0.29) is 5.97 Å². The molecule has 1 aliphatic carbocycles. The minimum Gasteiger partial charge on any atom is -0.466 e. The predicted octanol–water partition coefficient (Wildman–Crippen LogP) is 5.11. The second-order valence-electron chi connectivity index (χ2n) is 6.08. The largest absolute Gasteiger partial charge is 0.466 e. The first kappa shape index (κ1) is 16.5. The van der Waals surface area contributed by atoms with E-state index in [0.717, 1.165) is 18.3 Å². The van der Waals surface area contributed by atoms with E-state index in [1.807, 2.05) is 6.92 Å². The molecule has 1 fully saturated rings. The third kappa shape index (κ3) is 7.59. The highest BCUT2D eigenvalue weighted by atomic mass is 16.5. The summed E-state index contributed by atoms with van der Waals surface area (Å²) in [5, 5.41) is 0. The second kappa shape index (κ2) is 10.3. The van der Waals surface area contributed by atoms with Crippen LogP contribution in [0.2, 0.25) is 0 Å². The van der Waals surface area contributed by atoms with E-state index in [2.05, 4.69) is 6.92 Å². The number of hydrogen-bond acceptors (Lipinski definition) is 2. The van der Waals surface area contributed by atoms with Gasteiger partial charge in [-0.15, -0.1) is 0 Å². The Labute approximate surface area is 119 Å². The molecule has 0 aromatic heterocycles. The molecule has 0 spiro atoms. The molecule has 0 aliphatic heterocycles. The zero-order valence-corrected chi connectivity index (χ0v) is 13.0. The second-order valence-corrected chi connectivity index (χ2v) is 6.08. The summed E-state index contributed by atoms with van der Waals surface area (Å²) in [6, 6.07) is 0. The molecule has 1 saturated carbocycles. The zero-order chi connectivity index (χ0) is 13.9. The van der Waals surface area contributed by atoms with E-state index in [1.165, 1.54) is 57.8 Å². The number of ether oxygens (including phenoxy) is 1. The average molecular weight is 268 g/mol. The zero-order valence-electron chi connectivity index (χ0n) is 13.0. The van der Waals surface area contributed by atoms with Crippen molar-refractivity contribution in [3.8, 4) is 0 Å². The van der Waals surface area contributed by atoms with Gasteiger partial charge in [0.05, 0.1) is 6.61 Å². The van der Waals surface area contributed by atoms with Gasteiger partial charge in [0.15, 0.2) is 0 Å². The van der Waals surface area contributed by atoms with Crippen LogP contribution in [0.3, 0.4) is 0 Å². The van der Waals surface area contributed by atoms with E-state index < -0.39 is 0 Å². The summed E-state index contributed by atoms with van der Waals surface area (Å²) >= 11 is 0. The van der Waals surface area contributed by atoms with E-state index in [0.29, 0.717) is 13.0 Å². The summed E-state index contributed by atoms with van der Waals surface area (Å²) in [5.74, 6) is 1.73. The lowest BCUT2D eigenvalue weighted by atomic mass is 9.78. The van der Waals surface area contributed by atoms with Crippen LogP contribution in [0.15, 0.2) is 0 Å². The normalized spacial score (nSPS) is 23.3. The number of esters is 1. The van der Waals surface area contributed by atoms with Gasteiger partial charge in [-0.05, 0) is 25.2 Å². The van der Waals surface area contributed by atoms with Crippen molar-refractivity contribution in [1.29, 1.82) is 0 Å². The molecule has 0 aromatic carbocycles. The Morgan fingerprint density at radius 2 is 1.58 bits per heavy atom. The smallest absolute Gasteiger partial charge is 0.305 e. The fraction of sp³-hybridized carbons (Fsp3) is 0.941. The fourth-order valence-corrected chi connectivity index (χ4v) is 3.22.